The maximum Gasteiger partial charge on any atom is 0.243 e. The molecule has 0 radical (unpaired) electrons. The average molecular weight is 1730 g/mol. The Hall–Kier alpha value is -10.0. The number of H-pyrrole nitrogens is 1. The summed E-state index contributed by atoms with van der Waals surface area (Å²) in [7, 11) is 1.55. The van der Waals surface area contributed by atoms with E-state index in [0.717, 1.165) is 36.6 Å². The fraction of sp³-hybridized carbons (Fsp3) is 0.667. The number of carbonyl (C=O) groups excluding carboxylic acids is 13. The van der Waals surface area contributed by atoms with Crippen molar-refractivity contribution in [2.75, 3.05) is 33.2 Å². The third-order valence-electron chi connectivity index (χ3n) is 21.5. The van der Waals surface area contributed by atoms with Crippen LogP contribution in [-0.2, 0) is 75.2 Å². The van der Waals surface area contributed by atoms with E-state index < -0.39 is 181 Å². The van der Waals surface area contributed by atoms with Gasteiger partial charge in [0.05, 0.1) is 61.9 Å². The Morgan fingerprint density at radius 2 is 1.15 bits per heavy atom. The van der Waals surface area contributed by atoms with Crippen LogP contribution in [0.2, 0.25) is 0 Å². The Balaban J connectivity index is 0.000000517. The van der Waals surface area contributed by atoms with Gasteiger partial charge in [0.15, 0.2) is 5.96 Å². The Kier molecular flexibility index (Phi) is 49.2. The van der Waals surface area contributed by atoms with E-state index in [0.29, 0.717) is 43.2 Å². The van der Waals surface area contributed by atoms with Gasteiger partial charge in [-0.3, -0.25) is 78.0 Å². The number of nitrogens with one attached hydrogen (secondary N) is 13. The van der Waals surface area contributed by atoms with Crippen molar-refractivity contribution in [3.05, 3.63) is 71.9 Å². The number of carbonyl (C=O) groups is 13. The number of aliphatic hydroxyl groups is 6. The van der Waals surface area contributed by atoms with E-state index in [1.165, 1.54) is 83.5 Å². The number of likely N-dealkylation sites (N-methyl/N-ethyl adjacent to an activating group) is 1. The van der Waals surface area contributed by atoms with Gasteiger partial charge in [-0.25, -0.2) is 0 Å². The molecule has 5 rings (SSSR count). The largest absolute Gasteiger partial charge is 0.391 e. The molecule has 690 valence electrons. The first-order valence-electron chi connectivity index (χ1n) is 43.3. The zero-order valence-electron chi connectivity index (χ0n) is 72.2. The number of amides is 13. The van der Waals surface area contributed by atoms with Crippen molar-refractivity contribution in [3.8, 4) is 0 Å². The highest BCUT2D eigenvalue weighted by atomic mass is 16.3. The maximum atomic E-state index is 14.4. The number of aliphatic hydroxyl groups excluding tert-OH is 6. The molecule has 3 unspecified atom stereocenters. The normalized spacial score (nSPS) is 20.9. The van der Waals surface area contributed by atoms with E-state index in [1.807, 2.05) is 31.2 Å². The number of nitrogens with zero attached hydrogens (tertiary/aromatic N) is 2. The minimum atomic E-state index is -1.90. The molecule has 3 aromatic rings. The first-order valence-corrected chi connectivity index (χ1v) is 43.3. The summed E-state index contributed by atoms with van der Waals surface area (Å²) in [5.41, 5.74) is 29.7. The van der Waals surface area contributed by atoms with Crippen LogP contribution in [0.25, 0.3) is 10.9 Å². The van der Waals surface area contributed by atoms with E-state index in [2.05, 4.69) is 80.7 Å². The second kappa shape index (κ2) is 57.4. The Labute approximate surface area is 720 Å². The number of fused-ring (bicyclic) bond motifs is 2. The number of benzene rings is 2. The highest BCUT2D eigenvalue weighted by Gasteiger charge is 2.43. The average Bonchev–Trinajstić information content (AvgIpc) is 1.69. The molecule has 2 fully saturated rings. The van der Waals surface area contributed by atoms with Gasteiger partial charge in [-0.15, -0.1) is 0 Å². The topological polar surface area (TPSA) is 649 Å². The molecule has 2 saturated heterocycles. The molecule has 13 amide bonds. The molecule has 2 aliphatic rings. The smallest absolute Gasteiger partial charge is 0.243 e. The number of rotatable bonds is 47. The van der Waals surface area contributed by atoms with Crippen LogP contribution < -0.4 is 92.5 Å². The number of unbranched alkanes of at least 4 members (excludes halogenated alkanes) is 13. The van der Waals surface area contributed by atoms with Crippen molar-refractivity contribution in [1.29, 1.82) is 0 Å². The molecule has 123 heavy (non-hydrogen) atoms. The van der Waals surface area contributed by atoms with Gasteiger partial charge in [0.2, 0.25) is 76.8 Å². The van der Waals surface area contributed by atoms with Gasteiger partial charge in [-0.2, -0.15) is 0 Å². The minimum Gasteiger partial charge on any atom is -0.391 e. The summed E-state index contributed by atoms with van der Waals surface area (Å²) in [4.78, 5) is 181. The molecule has 29 N–H and O–H groups in total. The van der Waals surface area contributed by atoms with Crippen LogP contribution in [0.1, 0.15) is 219 Å². The Morgan fingerprint density at radius 1 is 0.593 bits per heavy atom. The summed E-state index contributed by atoms with van der Waals surface area (Å²) in [6.07, 6.45) is 10.5. The minimum absolute atomic E-state index is 0.00470. The number of aromatic nitrogens is 1. The molecule has 3 heterocycles. The van der Waals surface area contributed by atoms with Gasteiger partial charge in [0.25, 0.3) is 0 Å². The predicted octanol–water partition coefficient (Wildman–Crippen LogP) is -2.26. The van der Waals surface area contributed by atoms with Crippen molar-refractivity contribution >= 4 is 93.7 Å². The molecular weight excluding hydrogens is 1590 g/mol. The number of aliphatic imine (C=N–C) groups is 1. The van der Waals surface area contributed by atoms with E-state index >= 15 is 0 Å². The molecule has 0 spiro atoms. The highest BCUT2D eigenvalue weighted by molar-refractivity contribution is 5.98. The summed E-state index contributed by atoms with van der Waals surface area (Å²) in [5, 5.41) is 95.5. The van der Waals surface area contributed by atoms with Crippen LogP contribution in [-0.4, -0.2) is 260 Å². The van der Waals surface area contributed by atoms with E-state index in [9.17, 15) is 93.0 Å². The van der Waals surface area contributed by atoms with Gasteiger partial charge >= 0.3 is 0 Å². The van der Waals surface area contributed by atoms with E-state index in [-0.39, 0.29) is 102 Å². The zero-order chi connectivity index (χ0) is 91.1. The Morgan fingerprint density at radius 3 is 1.76 bits per heavy atom. The van der Waals surface area contributed by atoms with Crippen molar-refractivity contribution < 1.29 is 93.0 Å². The highest BCUT2D eigenvalue weighted by Crippen LogP contribution is 2.24. The lowest BCUT2D eigenvalue weighted by atomic mass is 10.0. The second-order valence-corrected chi connectivity index (χ2v) is 32.0. The SMILES string of the molecule is CCCCCCCCCCCCCCCC(=O)NC[C@H](O)N[C@H](C(=O)N[C@@H](CC(N)=O)C(=O)NC(CC(N)=O)[C@H](O)N[C@H](C(=O)N[C@@H](CCCC)[C@@H](C)O)C(C)O)C(C)O.CN[C@H]1CCC(=O)NCCCC[C@@H](C(N)=O)NC(=O)[C@H](Cc2c[nH]c3ccccc23)NC(=O)[C@H](CCCN=C(N)N)NC(=O)[C@@H](Cc2ccccc2)NC(=O)[C@@H]2C[C@@H](O)CN2C1=O. The molecule has 0 aliphatic carbocycles. The van der Waals surface area contributed by atoms with Crippen LogP contribution >= 0.6 is 0 Å². The summed E-state index contributed by atoms with van der Waals surface area (Å²) in [6.45, 7) is 8.03. The standard InChI is InChI=1S/C43H60N12O8.C41H80N8O11/c1-47-32-16-17-36(57)48-18-8-7-14-30(37(44)58)51-40(61)34(21-26-23-50-29-13-6-5-12-28(26)29)53-38(59)31(15-9-19-49-43(45)46)52-39(60)33(20-25-10-3-2-4-11-25)54-41(62)35-22-27(56)24-55(35)42(32)63;1-6-8-10-11-12-13-14-15-16-17-18-19-20-22-34(55)44-25-35(56)48-36(27(4)51)40(59)47-30(23-32(42)53)38(57)46-31(24-33(43)54)39(58)49-37(28(5)52)41(60)45-29(26(3)50)21-9-7-2/h2-6,10-13,23,27,30-35,47,50,56H,7-9,14-22,24H2,1H3,(H2,44,58)(H,48,57)(H,51,61)(H,52,60)(H,53,59)(H,54,62)(H4,45,46,49);26-31,35-37,39,48-52,56,58H,6-25H2,1-5H3,(H2,42,53)(H2,43,54)(H,44,55)(H,45,60)(H,46,57)(H,47,59)/t27-,30+,31+,32+,33-,34+,35+;26-,27?,28?,29+,30+,31?,35+,36+,37+,39+/m11/s1. The van der Waals surface area contributed by atoms with Gasteiger partial charge in [-0.1, -0.05) is 152 Å². The number of hydrogen-bond acceptors (Lipinski definition) is 23. The predicted molar refractivity (Wildman–Crippen MR) is 461 cm³/mol. The van der Waals surface area contributed by atoms with Crippen molar-refractivity contribution in [3.63, 3.8) is 0 Å². The number of nitrogens with two attached hydrogens (primary N) is 5. The summed E-state index contributed by atoms with van der Waals surface area (Å²) >= 11 is 0. The van der Waals surface area contributed by atoms with Crippen molar-refractivity contribution in [1.82, 2.24) is 73.7 Å². The molecule has 0 saturated carbocycles. The fourth-order valence-corrected chi connectivity index (χ4v) is 14.5. The lowest BCUT2D eigenvalue weighted by molar-refractivity contribution is -0.141. The number of para-hydroxylation sites is 1. The van der Waals surface area contributed by atoms with Gasteiger partial charge in [-0.05, 0) is 96.4 Å². The van der Waals surface area contributed by atoms with Crippen LogP contribution in [0.3, 0.4) is 0 Å². The van der Waals surface area contributed by atoms with E-state index in [1.54, 1.807) is 43.6 Å². The van der Waals surface area contributed by atoms with Gasteiger partial charge in [0, 0.05) is 68.8 Å². The van der Waals surface area contributed by atoms with Crippen LogP contribution in [0, 0.1) is 0 Å². The third kappa shape index (κ3) is 40.0. The number of guanidine groups is 1. The molecule has 17 atom stereocenters. The molecule has 39 heteroatoms. The zero-order valence-corrected chi connectivity index (χ0v) is 72.2. The molecule has 1 aromatic heterocycles. The molecule has 0 bridgehead atoms. The number of hydrogen-bond donors (Lipinski definition) is 24. The fourth-order valence-electron chi connectivity index (χ4n) is 14.5. The number of primary amides is 3. The lowest BCUT2D eigenvalue weighted by Gasteiger charge is -2.32. The van der Waals surface area contributed by atoms with Gasteiger partial charge < -0.3 is 122 Å². The van der Waals surface area contributed by atoms with Crippen LogP contribution in [0.4, 0.5) is 0 Å². The molecular formula is C84H140N20O19. The molecule has 2 aliphatic heterocycles. The van der Waals surface area contributed by atoms with E-state index in [4.69, 9.17) is 28.7 Å². The Bertz CT molecular complexity index is 3810. The molecule has 2 aromatic carbocycles. The van der Waals surface area contributed by atoms with Crippen molar-refractivity contribution in [2.45, 2.75) is 324 Å². The second-order valence-electron chi connectivity index (χ2n) is 32.0. The summed E-state index contributed by atoms with van der Waals surface area (Å²) in [5.74, 6) is -9.95. The van der Waals surface area contributed by atoms with Crippen LogP contribution in [0.15, 0.2) is 65.8 Å². The molecule has 39 nitrogen and oxygen atoms in total. The van der Waals surface area contributed by atoms with Crippen molar-refractivity contribution in [2.24, 2.45) is 33.7 Å². The quantitative estimate of drug-likeness (QED) is 0.0123. The number of aromatic amines is 1. The summed E-state index contributed by atoms with van der Waals surface area (Å²) < 4.78 is 0. The van der Waals surface area contributed by atoms with Crippen LogP contribution in [0.5, 0.6) is 0 Å². The first-order chi connectivity index (χ1) is 58.6. The monoisotopic (exact) mass is 1730 g/mol. The van der Waals surface area contributed by atoms with Gasteiger partial charge in [0.1, 0.15) is 60.8 Å². The summed E-state index contributed by atoms with van der Waals surface area (Å²) in [6, 6.07) is 2.28. The first kappa shape index (κ1) is 105. The third-order valence-corrected chi connectivity index (χ3v) is 21.5. The lowest BCUT2D eigenvalue weighted by Crippen LogP contribution is -2.63. The maximum absolute atomic E-state index is 14.4.